The molecule has 1 fully saturated rings. The Balaban J connectivity index is 2.67. The summed E-state index contributed by atoms with van der Waals surface area (Å²) in [6.07, 6.45) is 4.14. The van der Waals surface area contributed by atoms with E-state index in [9.17, 15) is 9.59 Å². The van der Waals surface area contributed by atoms with E-state index in [0.717, 1.165) is 0 Å². The van der Waals surface area contributed by atoms with Gasteiger partial charge in [-0.25, -0.2) is 0 Å². The van der Waals surface area contributed by atoms with E-state index in [1.807, 2.05) is 0 Å². The van der Waals surface area contributed by atoms with Gasteiger partial charge in [-0.15, -0.1) is 10.3 Å². The minimum atomic E-state index is -1.30. The summed E-state index contributed by atoms with van der Waals surface area (Å²) in [6, 6.07) is 0. The maximum absolute atomic E-state index is 11.1. The van der Waals surface area contributed by atoms with E-state index in [4.69, 9.17) is 4.18 Å². The van der Waals surface area contributed by atoms with Crippen LogP contribution < -0.4 is 0 Å². The van der Waals surface area contributed by atoms with Crippen LogP contribution in [-0.2, 0) is 18.5 Å². The van der Waals surface area contributed by atoms with Gasteiger partial charge in [0.05, 0.1) is 18.9 Å². The summed E-state index contributed by atoms with van der Waals surface area (Å²) in [4.78, 5) is 22.2. The Kier molecular flexibility index (Phi) is 3.69. The first-order chi connectivity index (χ1) is 7.12. The quantitative estimate of drug-likeness (QED) is 0.554. The van der Waals surface area contributed by atoms with E-state index < -0.39 is 22.2 Å². The van der Waals surface area contributed by atoms with Crippen LogP contribution in [0, 0.1) is 0 Å². The maximum atomic E-state index is 11.1. The predicted molar refractivity (Wildman–Crippen MR) is 64.4 cm³/mol. The summed E-state index contributed by atoms with van der Waals surface area (Å²) in [5.74, 6) is -0.962. The third-order valence-electron chi connectivity index (χ3n) is 2.87. The van der Waals surface area contributed by atoms with Crippen LogP contribution in [0.15, 0.2) is 0 Å². The van der Waals surface area contributed by atoms with Gasteiger partial charge in [-0.1, -0.05) is 20.8 Å². The third kappa shape index (κ3) is 3.22. The maximum Gasteiger partial charge on any atom is 0.316 e. The van der Waals surface area contributed by atoms with Gasteiger partial charge in [-0.2, -0.15) is 0 Å². The zero-order chi connectivity index (χ0) is 12.6. The molecule has 1 aliphatic heterocycles. The lowest BCUT2D eigenvalue weighted by atomic mass is 10.1. The van der Waals surface area contributed by atoms with E-state index in [1.165, 1.54) is 0 Å². The van der Waals surface area contributed by atoms with Crippen LogP contribution in [0.4, 0.5) is 0 Å². The molecule has 94 valence electrons. The van der Waals surface area contributed by atoms with E-state index in [0.29, 0.717) is 0 Å². The highest BCUT2D eigenvalue weighted by Gasteiger charge is 2.36. The fourth-order valence-electron chi connectivity index (χ4n) is 1.21. The molecular weight excluding hydrogens is 228 g/mol. The topological polar surface area (TPSA) is 52.6 Å². The summed E-state index contributed by atoms with van der Waals surface area (Å²) < 4.78 is 10.4. The van der Waals surface area contributed by atoms with Gasteiger partial charge in [0.25, 0.3) is 0 Å². The third-order valence-corrected chi connectivity index (χ3v) is 6.57. The molecule has 16 heavy (non-hydrogen) atoms. The number of esters is 2. The molecule has 0 aromatic heterocycles. The lowest BCUT2D eigenvalue weighted by molar-refractivity contribution is -0.166. The van der Waals surface area contributed by atoms with Crippen LogP contribution in [0.25, 0.3) is 0 Å². The minimum Gasteiger partial charge on any atom is -0.393 e. The Hall–Kier alpha value is -0.550. The molecule has 4 nitrogen and oxygen atoms in total. The summed E-state index contributed by atoms with van der Waals surface area (Å²) in [5, 5.41) is 0. The number of carbonyl (C=O) groups excluding carboxylic acids is 2. The zero-order valence-electron chi connectivity index (χ0n) is 10.5. The van der Waals surface area contributed by atoms with E-state index in [2.05, 4.69) is 38.0 Å². The fourth-order valence-corrected chi connectivity index (χ4v) is 2.31. The van der Waals surface area contributed by atoms with Crippen LogP contribution in [-0.4, -0.2) is 35.3 Å². The van der Waals surface area contributed by atoms with Gasteiger partial charge < -0.3 is 8.92 Å². The molecule has 0 aliphatic carbocycles. The van der Waals surface area contributed by atoms with Crippen LogP contribution in [0.2, 0.25) is 0 Å². The lowest BCUT2D eigenvalue weighted by Gasteiger charge is -2.46. The van der Waals surface area contributed by atoms with Crippen molar-refractivity contribution in [1.29, 1.82) is 0 Å². The highest BCUT2D eigenvalue weighted by atomic mass is 32.3. The number of ether oxygens (including phenoxy) is 1. The number of rotatable bonds is 2. The molecule has 5 heteroatoms. The van der Waals surface area contributed by atoms with Gasteiger partial charge in [0.2, 0.25) is 0 Å². The highest BCUT2D eigenvalue weighted by molar-refractivity contribution is 8.29. The van der Waals surface area contributed by atoms with Crippen LogP contribution in [0.5, 0.6) is 0 Å². The summed E-state index contributed by atoms with van der Waals surface area (Å²) >= 11 is 0. The molecular formula is C11H20O4S. The molecule has 0 unspecified atom stereocenters. The molecule has 0 aromatic rings. The highest BCUT2D eigenvalue weighted by Crippen LogP contribution is 2.55. The minimum absolute atomic E-state index is 0.0252. The Labute approximate surface area is 98.2 Å². The van der Waals surface area contributed by atoms with Crippen molar-refractivity contribution in [3.05, 3.63) is 0 Å². The Bertz CT molecular complexity index is 288. The fraction of sp³-hybridized carbons (Fsp3) is 0.818. The van der Waals surface area contributed by atoms with E-state index in [1.54, 1.807) is 0 Å². The lowest BCUT2D eigenvalue weighted by Crippen LogP contribution is -2.35. The average Bonchev–Trinajstić information content (AvgIpc) is 1.97. The standard InChI is InChI=1S/C11H20O4S/c1-11(2,3)16(4,5)15-8-6-9(12)14-10(13)7-8/h8H,6-7H2,1-5H3. The van der Waals surface area contributed by atoms with Gasteiger partial charge in [0.15, 0.2) is 0 Å². The molecule has 0 radical (unpaired) electrons. The molecule has 0 N–H and O–H groups in total. The number of hydrogen-bond donors (Lipinski definition) is 0. The molecule has 0 bridgehead atoms. The Morgan fingerprint density at radius 1 is 1.19 bits per heavy atom. The first-order valence-corrected chi connectivity index (χ1v) is 7.64. The number of cyclic esters (lactones) is 2. The van der Waals surface area contributed by atoms with Crippen molar-refractivity contribution in [3.8, 4) is 0 Å². The van der Waals surface area contributed by atoms with Crippen molar-refractivity contribution in [2.75, 3.05) is 12.5 Å². The monoisotopic (exact) mass is 248 g/mol. The van der Waals surface area contributed by atoms with Gasteiger partial charge in [0.1, 0.15) is 0 Å². The SMILES string of the molecule is CC(C)(C)S(C)(C)OC1CC(=O)OC(=O)C1. The van der Waals surface area contributed by atoms with Crippen molar-refractivity contribution in [2.24, 2.45) is 0 Å². The molecule has 1 saturated heterocycles. The van der Waals surface area contributed by atoms with Gasteiger partial charge in [-0.05, 0) is 12.5 Å². The van der Waals surface area contributed by atoms with Crippen LogP contribution >= 0.6 is 10.3 Å². The Morgan fingerprint density at radius 2 is 1.62 bits per heavy atom. The smallest absolute Gasteiger partial charge is 0.316 e. The summed E-state index contributed by atoms with van der Waals surface area (Å²) in [7, 11) is -1.30. The first kappa shape index (κ1) is 13.5. The van der Waals surface area contributed by atoms with Crippen molar-refractivity contribution in [3.63, 3.8) is 0 Å². The molecule has 1 rings (SSSR count). The normalized spacial score (nSPS) is 20.8. The molecule has 0 spiro atoms. The molecule has 0 atom stereocenters. The summed E-state index contributed by atoms with van der Waals surface area (Å²) in [5.41, 5.74) is 0. The first-order valence-electron chi connectivity index (χ1n) is 5.26. The number of carbonyl (C=O) groups is 2. The molecule has 1 aliphatic rings. The molecule has 1 heterocycles. The van der Waals surface area contributed by atoms with Crippen LogP contribution in [0.1, 0.15) is 33.6 Å². The molecule has 0 amide bonds. The van der Waals surface area contributed by atoms with Crippen molar-refractivity contribution >= 4 is 22.2 Å². The predicted octanol–water partition coefficient (Wildman–Crippen LogP) is 2.01. The van der Waals surface area contributed by atoms with Crippen LogP contribution in [0.3, 0.4) is 0 Å². The van der Waals surface area contributed by atoms with Crippen molar-refractivity contribution < 1.29 is 18.5 Å². The van der Waals surface area contributed by atoms with Gasteiger partial charge in [0, 0.05) is 4.75 Å². The second kappa shape index (κ2) is 4.37. The second-order valence-corrected chi connectivity index (χ2v) is 9.20. The molecule has 0 saturated carbocycles. The largest absolute Gasteiger partial charge is 0.393 e. The van der Waals surface area contributed by atoms with E-state index >= 15 is 0 Å². The van der Waals surface area contributed by atoms with Crippen molar-refractivity contribution in [2.45, 2.75) is 44.5 Å². The summed E-state index contributed by atoms with van der Waals surface area (Å²) in [6.45, 7) is 6.31. The Morgan fingerprint density at radius 3 is 2.00 bits per heavy atom. The van der Waals surface area contributed by atoms with Gasteiger partial charge in [-0.3, -0.25) is 9.59 Å². The van der Waals surface area contributed by atoms with Crippen molar-refractivity contribution in [1.82, 2.24) is 0 Å². The second-order valence-electron chi connectivity index (χ2n) is 5.32. The van der Waals surface area contributed by atoms with E-state index in [-0.39, 0.29) is 23.7 Å². The average molecular weight is 248 g/mol. The molecule has 0 aromatic carbocycles. The number of hydrogen-bond acceptors (Lipinski definition) is 4. The van der Waals surface area contributed by atoms with Gasteiger partial charge >= 0.3 is 11.9 Å². The zero-order valence-corrected chi connectivity index (χ0v) is 11.3.